The average Bonchev–Trinajstić information content (AvgIpc) is 3.12. The van der Waals surface area contributed by atoms with Gasteiger partial charge in [-0.25, -0.2) is 4.39 Å². The first kappa shape index (κ1) is 18.5. The Morgan fingerprint density at radius 3 is 2.70 bits per heavy atom. The Balaban J connectivity index is 1.60. The summed E-state index contributed by atoms with van der Waals surface area (Å²) in [6, 6.07) is 9.81. The molecule has 0 unspecified atom stereocenters. The van der Waals surface area contributed by atoms with Gasteiger partial charge < -0.3 is 9.73 Å². The van der Waals surface area contributed by atoms with Crippen LogP contribution in [0.15, 0.2) is 52.1 Å². The molecular formula is C17H13FN4O4S. The summed E-state index contributed by atoms with van der Waals surface area (Å²) in [4.78, 5) is 22.2. The summed E-state index contributed by atoms with van der Waals surface area (Å²) in [6.45, 7) is 1.76. The van der Waals surface area contributed by atoms with E-state index in [1.807, 2.05) is 0 Å². The summed E-state index contributed by atoms with van der Waals surface area (Å²) >= 11 is 1.03. The van der Waals surface area contributed by atoms with E-state index in [1.54, 1.807) is 13.0 Å². The van der Waals surface area contributed by atoms with E-state index in [0.717, 1.165) is 17.3 Å². The van der Waals surface area contributed by atoms with Crippen molar-refractivity contribution in [1.29, 1.82) is 0 Å². The van der Waals surface area contributed by atoms with Crippen LogP contribution < -0.4 is 5.32 Å². The Bertz CT molecular complexity index is 991. The van der Waals surface area contributed by atoms with E-state index in [2.05, 4.69) is 15.5 Å². The first-order valence-electron chi connectivity index (χ1n) is 7.69. The molecule has 1 N–H and O–H groups in total. The largest absolute Gasteiger partial charge is 0.411 e. The second kappa shape index (κ2) is 7.96. The molecule has 2 aromatic carbocycles. The number of aromatic nitrogens is 2. The van der Waals surface area contributed by atoms with Gasteiger partial charge in [0.15, 0.2) is 0 Å². The summed E-state index contributed by atoms with van der Waals surface area (Å²) in [6.07, 6.45) is 0. The monoisotopic (exact) mass is 388 g/mol. The molecule has 0 saturated carbocycles. The van der Waals surface area contributed by atoms with Crippen LogP contribution in [0, 0.1) is 22.9 Å². The third-order valence-electron chi connectivity index (χ3n) is 3.53. The standard InChI is InChI=1S/C17H13FN4O4S/c1-10-2-5-12(18)8-14(10)19-15(23)9-27-17-21-20-16(26-17)11-3-6-13(7-4-11)22(24)25/h2-8H,9H2,1H3,(H,19,23). The Hall–Kier alpha value is -3.27. The zero-order valence-electron chi connectivity index (χ0n) is 14.0. The third-order valence-corrected chi connectivity index (χ3v) is 4.35. The zero-order chi connectivity index (χ0) is 19.4. The summed E-state index contributed by atoms with van der Waals surface area (Å²) < 4.78 is 18.7. The van der Waals surface area contributed by atoms with Crippen molar-refractivity contribution in [3.05, 3.63) is 64.0 Å². The number of nitro groups is 1. The molecule has 1 heterocycles. The minimum atomic E-state index is -0.502. The maximum atomic E-state index is 13.3. The fourth-order valence-corrected chi connectivity index (χ4v) is 2.72. The molecule has 0 spiro atoms. The average molecular weight is 388 g/mol. The van der Waals surface area contributed by atoms with Gasteiger partial charge in [-0.15, -0.1) is 10.2 Å². The fraction of sp³-hybridized carbons (Fsp3) is 0.118. The number of thioether (sulfide) groups is 1. The fourth-order valence-electron chi connectivity index (χ4n) is 2.15. The number of hydrogen-bond acceptors (Lipinski definition) is 7. The number of amides is 1. The molecule has 0 aliphatic rings. The van der Waals surface area contributed by atoms with Crippen molar-refractivity contribution in [3.8, 4) is 11.5 Å². The molecule has 8 nitrogen and oxygen atoms in total. The highest BCUT2D eigenvalue weighted by molar-refractivity contribution is 7.99. The predicted octanol–water partition coefficient (Wildman–Crippen LogP) is 3.82. The lowest BCUT2D eigenvalue weighted by atomic mass is 10.2. The van der Waals surface area contributed by atoms with Gasteiger partial charge in [0.2, 0.25) is 11.8 Å². The molecule has 0 radical (unpaired) electrons. The molecule has 0 bridgehead atoms. The van der Waals surface area contributed by atoms with Crippen LogP contribution in [0.2, 0.25) is 0 Å². The molecule has 0 saturated heterocycles. The van der Waals surface area contributed by atoms with Gasteiger partial charge in [-0.2, -0.15) is 0 Å². The van der Waals surface area contributed by atoms with Crippen LogP contribution in [0.4, 0.5) is 15.8 Å². The van der Waals surface area contributed by atoms with E-state index in [9.17, 15) is 19.3 Å². The molecule has 0 fully saturated rings. The van der Waals surface area contributed by atoms with Gasteiger partial charge >= 0.3 is 0 Å². The minimum Gasteiger partial charge on any atom is -0.411 e. The van der Waals surface area contributed by atoms with Crippen LogP contribution in [0.25, 0.3) is 11.5 Å². The Labute approximate surface area is 156 Å². The molecule has 10 heteroatoms. The second-order valence-corrected chi connectivity index (χ2v) is 6.40. The summed E-state index contributed by atoms with van der Waals surface area (Å²) in [7, 11) is 0. The number of hydrogen-bond donors (Lipinski definition) is 1. The van der Waals surface area contributed by atoms with Crippen LogP contribution in [0.1, 0.15) is 5.56 Å². The molecule has 27 heavy (non-hydrogen) atoms. The first-order valence-corrected chi connectivity index (χ1v) is 8.68. The van der Waals surface area contributed by atoms with Crippen LogP contribution in [0.3, 0.4) is 0 Å². The van der Waals surface area contributed by atoms with E-state index in [1.165, 1.54) is 36.4 Å². The van der Waals surface area contributed by atoms with E-state index < -0.39 is 10.7 Å². The molecule has 138 valence electrons. The van der Waals surface area contributed by atoms with Crippen LogP contribution in [-0.4, -0.2) is 26.8 Å². The number of aryl methyl sites for hydroxylation is 1. The molecule has 1 amide bonds. The number of nitrogens with one attached hydrogen (secondary N) is 1. The van der Waals surface area contributed by atoms with Crippen LogP contribution in [0.5, 0.6) is 0 Å². The molecule has 3 aromatic rings. The van der Waals surface area contributed by atoms with Crippen molar-refractivity contribution in [2.24, 2.45) is 0 Å². The van der Waals surface area contributed by atoms with Crippen molar-refractivity contribution >= 4 is 29.0 Å². The van der Waals surface area contributed by atoms with Crippen molar-refractivity contribution in [2.45, 2.75) is 12.1 Å². The van der Waals surface area contributed by atoms with Gasteiger partial charge in [0.05, 0.1) is 10.7 Å². The van der Waals surface area contributed by atoms with E-state index in [4.69, 9.17) is 4.42 Å². The van der Waals surface area contributed by atoms with Gasteiger partial charge in [0, 0.05) is 23.4 Å². The van der Waals surface area contributed by atoms with Gasteiger partial charge in [-0.05, 0) is 36.8 Å². The second-order valence-electron chi connectivity index (χ2n) is 5.47. The van der Waals surface area contributed by atoms with Gasteiger partial charge in [-0.1, -0.05) is 17.8 Å². The lowest BCUT2D eigenvalue weighted by Gasteiger charge is -2.07. The molecular weight excluding hydrogens is 375 g/mol. The summed E-state index contributed by atoms with van der Waals surface area (Å²) in [5.41, 5.74) is 1.63. The van der Waals surface area contributed by atoms with Crippen LogP contribution in [-0.2, 0) is 4.79 Å². The van der Waals surface area contributed by atoms with Crippen molar-refractivity contribution < 1.29 is 18.5 Å². The SMILES string of the molecule is Cc1ccc(F)cc1NC(=O)CSc1nnc(-c2ccc([N+](=O)[O-])cc2)o1. The summed E-state index contributed by atoms with van der Waals surface area (Å²) in [5, 5.41) is 21.2. The third kappa shape index (κ3) is 4.67. The minimum absolute atomic E-state index is 0.00213. The lowest BCUT2D eigenvalue weighted by molar-refractivity contribution is -0.384. The first-order chi connectivity index (χ1) is 12.9. The molecule has 0 aliphatic heterocycles. The summed E-state index contributed by atoms with van der Waals surface area (Å²) in [5.74, 6) is -0.594. The van der Waals surface area contributed by atoms with Gasteiger partial charge in [-0.3, -0.25) is 14.9 Å². The Morgan fingerprint density at radius 1 is 1.26 bits per heavy atom. The van der Waals surface area contributed by atoms with Gasteiger partial charge in [0.1, 0.15) is 5.82 Å². The number of benzene rings is 2. The number of nitrogens with zero attached hydrogens (tertiary/aromatic N) is 3. The maximum absolute atomic E-state index is 13.3. The highest BCUT2D eigenvalue weighted by Gasteiger charge is 2.13. The number of carbonyl (C=O) groups is 1. The number of halogens is 1. The van der Waals surface area contributed by atoms with Crippen molar-refractivity contribution in [1.82, 2.24) is 10.2 Å². The molecule has 3 rings (SSSR count). The number of carbonyl (C=O) groups excluding carboxylic acids is 1. The number of anilines is 1. The highest BCUT2D eigenvalue weighted by atomic mass is 32.2. The van der Waals surface area contributed by atoms with Crippen molar-refractivity contribution in [3.63, 3.8) is 0 Å². The van der Waals surface area contributed by atoms with Crippen LogP contribution >= 0.6 is 11.8 Å². The van der Waals surface area contributed by atoms with Crippen molar-refractivity contribution in [2.75, 3.05) is 11.1 Å². The normalized spacial score (nSPS) is 10.6. The smallest absolute Gasteiger partial charge is 0.277 e. The Kier molecular flexibility index (Phi) is 5.46. The Morgan fingerprint density at radius 2 is 2.00 bits per heavy atom. The van der Waals surface area contributed by atoms with E-state index in [0.29, 0.717) is 11.3 Å². The van der Waals surface area contributed by atoms with E-state index in [-0.39, 0.29) is 28.5 Å². The molecule has 0 atom stereocenters. The number of rotatable bonds is 6. The van der Waals surface area contributed by atoms with E-state index >= 15 is 0 Å². The molecule has 1 aromatic heterocycles. The maximum Gasteiger partial charge on any atom is 0.277 e. The number of nitro benzene ring substituents is 1. The zero-order valence-corrected chi connectivity index (χ0v) is 14.8. The van der Waals surface area contributed by atoms with Gasteiger partial charge in [0.25, 0.3) is 10.9 Å². The lowest BCUT2D eigenvalue weighted by Crippen LogP contribution is -2.15. The molecule has 0 aliphatic carbocycles. The topological polar surface area (TPSA) is 111 Å². The quantitative estimate of drug-likeness (QED) is 0.388. The highest BCUT2D eigenvalue weighted by Crippen LogP contribution is 2.25. The number of non-ortho nitro benzene ring substituents is 1. The predicted molar refractivity (Wildman–Crippen MR) is 96.9 cm³/mol.